The Bertz CT molecular complexity index is 1380. The molecule has 2 amide bonds. The molecule has 0 bridgehead atoms. The maximum absolute atomic E-state index is 14.5. The highest BCUT2D eigenvalue weighted by molar-refractivity contribution is 6.31. The third kappa shape index (κ3) is 3.92. The summed E-state index contributed by atoms with van der Waals surface area (Å²) in [6.07, 6.45) is -0.0142. The number of carbonyl (C=O) groups is 2. The molecule has 9 heteroatoms. The van der Waals surface area contributed by atoms with Gasteiger partial charge in [-0.15, -0.1) is 0 Å². The number of benzene rings is 3. The van der Waals surface area contributed by atoms with E-state index in [9.17, 15) is 14.0 Å². The van der Waals surface area contributed by atoms with Crippen LogP contribution in [0.5, 0.6) is 5.75 Å². The van der Waals surface area contributed by atoms with Crippen molar-refractivity contribution in [3.8, 4) is 5.75 Å². The molecule has 0 radical (unpaired) electrons. The van der Waals surface area contributed by atoms with E-state index >= 15 is 0 Å². The molecule has 3 aromatic carbocycles. The number of amides is 2. The summed E-state index contributed by atoms with van der Waals surface area (Å²) in [6, 6.07) is 13.8. The molecule has 5 rings (SSSR count). The van der Waals surface area contributed by atoms with Crippen molar-refractivity contribution in [1.82, 2.24) is 5.32 Å². The van der Waals surface area contributed by atoms with Gasteiger partial charge >= 0.3 is 0 Å². The highest BCUT2D eigenvalue weighted by Gasteiger charge is 2.61. The molecule has 186 valence electrons. The van der Waals surface area contributed by atoms with Gasteiger partial charge in [-0.05, 0) is 66.1 Å². The molecule has 2 heterocycles. The smallest absolute Gasteiger partial charge is 0.238 e. The number of halogens is 3. The summed E-state index contributed by atoms with van der Waals surface area (Å²) in [5, 5.41) is 6.85. The number of piperidine rings is 1. The SMILES string of the molecule is Cc1ccc(F)cc1[C@@H]1NC(=O)C[C@H](c2cc(Cl)ccc2OCCN)[C@@]12C(=O)Nc1cc(Cl)ccc12. The van der Waals surface area contributed by atoms with E-state index < -0.39 is 23.2 Å². The van der Waals surface area contributed by atoms with Gasteiger partial charge in [0.2, 0.25) is 11.8 Å². The minimum atomic E-state index is -1.34. The van der Waals surface area contributed by atoms with Crippen molar-refractivity contribution in [3.63, 3.8) is 0 Å². The molecular formula is C27H24Cl2FN3O3. The molecule has 0 saturated carbocycles. The topological polar surface area (TPSA) is 93.4 Å². The predicted molar refractivity (Wildman–Crippen MR) is 137 cm³/mol. The molecule has 4 N–H and O–H groups in total. The number of carbonyl (C=O) groups excluding carboxylic acids is 2. The number of nitrogens with two attached hydrogens (primary N) is 1. The Hall–Kier alpha value is -3.13. The second-order valence-corrected chi connectivity index (χ2v) is 9.96. The van der Waals surface area contributed by atoms with Gasteiger partial charge in [0, 0.05) is 40.2 Å². The second-order valence-electron chi connectivity index (χ2n) is 9.09. The Balaban J connectivity index is 1.82. The van der Waals surface area contributed by atoms with Crippen molar-refractivity contribution in [1.29, 1.82) is 0 Å². The predicted octanol–water partition coefficient (Wildman–Crippen LogP) is 5.01. The average molecular weight is 528 g/mol. The van der Waals surface area contributed by atoms with Crippen LogP contribution in [0.25, 0.3) is 0 Å². The van der Waals surface area contributed by atoms with Crippen LogP contribution in [0, 0.1) is 12.7 Å². The van der Waals surface area contributed by atoms with E-state index in [1.54, 1.807) is 42.5 Å². The fourth-order valence-electron chi connectivity index (χ4n) is 5.54. The highest BCUT2D eigenvalue weighted by Crippen LogP contribution is 2.59. The summed E-state index contributed by atoms with van der Waals surface area (Å²) in [7, 11) is 0. The van der Waals surface area contributed by atoms with E-state index in [1.807, 2.05) is 6.92 Å². The maximum Gasteiger partial charge on any atom is 0.238 e. The van der Waals surface area contributed by atoms with Crippen molar-refractivity contribution in [3.05, 3.63) is 92.7 Å². The molecular weight excluding hydrogens is 504 g/mol. The molecule has 1 spiro atoms. The molecule has 2 aliphatic heterocycles. The van der Waals surface area contributed by atoms with Gasteiger partial charge in [-0.2, -0.15) is 0 Å². The highest BCUT2D eigenvalue weighted by atomic mass is 35.5. The Morgan fingerprint density at radius 2 is 1.81 bits per heavy atom. The standard InChI is InChI=1S/C27H24Cl2FN3O3/c1-14-2-5-17(30)12-18(14)25-27(20-6-3-16(29)11-22(20)32-26(27)35)21(13-24(34)33-25)19-10-15(28)4-7-23(19)36-9-8-31/h2-7,10-12,21,25H,8-9,13,31H2,1H3,(H,32,35)(H,33,34)/t21-,25+,27-/m1/s1. The summed E-state index contributed by atoms with van der Waals surface area (Å²) in [5.74, 6) is -1.28. The minimum Gasteiger partial charge on any atom is -0.492 e. The normalized spacial score (nSPS) is 22.8. The van der Waals surface area contributed by atoms with Crippen LogP contribution in [-0.4, -0.2) is 25.0 Å². The molecule has 3 aromatic rings. The molecule has 0 aliphatic carbocycles. The van der Waals surface area contributed by atoms with Crippen LogP contribution in [0.2, 0.25) is 10.0 Å². The number of fused-ring (bicyclic) bond motifs is 2. The number of hydrogen-bond donors (Lipinski definition) is 3. The van der Waals surface area contributed by atoms with Crippen LogP contribution in [0.3, 0.4) is 0 Å². The summed E-state index contributed by atoms with van der Waals surface area (Å²) >= 11 is 12.7. The molecule has 0 aromatic heterocycles. The Morgan fingerprint density at radius 1 is 1.06 bits per heavy atom. The monoisotopic (exact) mass is 527 g/mol. The summed E-state index contributed by atoms with van der Waals surface area (Å²) in [6.45, 7) is 2.35. The second kappa shape index (κ2) is 9.39. The first-order valence-corrected chi connectivity index (χ1v) is 12.3. The van der Waals surface area contributed by atoms with Crippen LogP contribution in [-0.2, 0) is 15.0 Å². The van der Waals surface area contributed by atoms with Gasteiger partial charge < -0.3 is 21.1 Å². The molecule has 2 aliphatic rings. The van der Waals surface area contributed by atoms with Gasteiger partial charge in [0.15, 0.2) is 0 Å². The van der Waals surface area contributed by atoms with Crippen LogP contribution >= 0.6 is 23.2 Å². The first-order chi connectivity index (χ1) is 17.2. The molecule has 1 fully saturated rings. The quantitative estimate of drug-likeness (QED) is 0.434. The minimum absolute atomic E-state index is 0.0142. The molecule has 0 unspecified atom stereocenters. The summed E-state index contributed by atoms with van der Waals surface area (Å²) in [4.78, 5) is 27.3. The first-order valence-electron chi connectivity index (χ1n) is 11.5. The maximum atomic E-state index is 14.5. The first kappa shape index (κ1) is 24.6. The Morgan fingerprint density at radius 3 is 2.58 bits per heavy atom. The lowest BCUT2D eigenvalue weighted by molar-refractivity contribution is -0.131. The van der Waals surface area contributed by atoms with Crippen molar-refractivity contribution >= 4 is 40.7 Å². The van der Waals surface area contributed by atoms with E-state index in [0.717, 1.165) is 5.56 Å². The van der Waals surface area contributed by atoms with Crippen LogP contribution in [0.15, 0.2) is 54.6 Å². The third-order valence-electron chi connectivity index (χ3n) is 7.03. The van der Waals surface area contributed by atoms with E-state index in [0.29, 0.717) is 38.2 Å². The lowest BCUT2D eigenvalue weighted by Gasteiger charge is -2.47. The van der Waals surface area contributed by atoms with Gasteiger partial charge in [0.05, 0.1) is 6.04 Å². The van der Waals surface area contributed by atoms with Gasteiger partial charge in [-0.3, -0.25) is 9.59 Å². The lowest BCUT2D eigenvalue weighted by Crippen LogP contribution is -2.57. The fraction of sp³-hybridized carbons (Fsp3) is 0.259. The Labute approximate surface area is 217 Å². The molecule has 1 saturated heterocycles. The van der Waals surface area contributed by atoms with Crippen molar-refractivity contribution in [2.75, 3.05) is 18.5 Å². The average Bonchev–Trinajstić information content (AvgIpc) is 3.12. The zero-order valence-electron chi connectivity index (χ0n) is 19.4. The van der Waals surface area contributed by atoms with Crippen LogP contribution in [0.1, 0.15) is 40.6 Å². The summed E-state index contributed by atoms with van der Waals surface area (Å²) in [5.41, 5.74) is 7.38. The fourth-order valence-corrected chi connectivity index (χ4v) is 5.89. The molecule has 36 heavy (non-hydrogen) atoms. The number of rotatable bonds is 5. The number of nitrogens with one attached hydrogen (secondary N) is 2. The van der Waals surface area contributed by atoms with Crippen LogP contribution < -0.4 is 21.1 Å². The largest absolute Gasteiger partial charge is 0.492 e. The zero-order valence-corrected chi connectivity index (χ0v) is 20.9. The van der Waals surface area contributed by atoms with Crippen molar-refractivity contribution in [2.45, 2.75) is 30.7 Å². The number of aryl methyl sites for hydroxylation is 1. The van der Waals surface area contributed by atoms with E-state index in [4.69, 9.17) is 33.7 Å². The summed E-state index contributed by atoms with van der Waals surface area (Å²) < 4.78 is 20.4. The zero-order chi connectivity index (χ0) is 25.6. The van der Waals surface area contributed by atoms with E-state index in [2.05, 4.69) is 10.6 Å². The Kier molecular flexibility index (Phi) is 6.41. The van der Waals surface area contributed by atoms with Gasteiger partial charge in [0.25, 0.3) is 0 Å². The lowest BCUT2D eigenvalue weighted by atomic mass is 9.59. The number of ether oxygens (including phenoxy) is 1. The molecule has 6 nitrogen and oxygen atoms in total. The number of hydrogen-bond acceptors (Lipinski definition) is 4. The van der Waals surface area contributed by atoms with E-state index in [-0.39, 0.29) is 31.4 Å². The van der Waals surface area contributed by atoms with Crippen LogP contribution in [0.4, 0.5) is 10.1 Å². The van der Waals surface area contributed by atoms with Gasteiger partial charge in [-0.25, -0.2) is 4.39 Å². The van der Waals surface area contributed by atoms with Crippen molar-refractivity contribution < 1.29 is 18.7 Å². The van der Waals surface area contributed by atoms with E-state index in [1.165, 1.54) is 12.1 Å². The van der Waals surface area contributed by atoms with Gasteiger partial charge in [-0.1, -0.05) is 35.3 Å². The van der Waals surface area contributed by atoms with Crippen molar-refractivity contribution in [2.24, 2.45) is 5.73 Å². The third-order valence-corrected chi connectivity index (χ3v) is 7.50. The number of anilines is 1. The molecule has 3 atom stereocenters. The van der Waals surface area contributed by atoms with Gasteiger partial charge in [0.1, 0.15) is 23.6 Å².